The zero-order valence-electron chi connectivity index (χ0n) is 11.8. The normalized spacial score (nSPS) is 19.5. The van der Waals surface area contributed by atoms with E-state index in [1.807, 2.05) is 11.8 Å². The minimum Gasteiger partial charge on any atom is -0.307 e. The van der Waals surface area contributed by atoms with Gasteiger partial charge in [0, 0.05) is 17.3 Å². The number of rotatable bonds is 6. The molecule has 1 saturated carbocycles. The summed E-state index contributed by atoms with van der Waals surface area (Å²) in [5.41, 5.74) is 0.943. The van der Waals surface area contributed by atoms with Crippen molar-refractivity contribution in [3.8, 4) is 0 Å². The molecule has 0 spiro atoms. The van der Waals surface area contributed by atoms with Crippen LogP contribution in [0.4, 0.5) is 4.39 Å². The molecule has 4 heteroatoms. The predicted molar refractivity (Wildman–Crippen MR) is 79.9 cm³/mol. The van der Waals surface area contributed by atoms with Crippen LogP contribution in [-0.2, 0) is 0 Å². The zero-order valence-corrected chi connectivity index (χ0v) is 12.6. The molecular weight excluding hydrogens is 259 g/mol. The molecule has 0 aromatic carbocycles. The number of aromatic nitrogens is 1. The van der Waals surface area contributed by atoms with Gasteiger partial charge < -0.3 is 5.32 Å². The maximum Gasteiger partial charge on any atom is 0.141 e. The largest absolute Gasteiger partial charge is 0.307 e. The van der Waals surface area contributed by atoms with Gasteiger partial charge in [-0.05, 0) is 37.7 Å². The van der Waals surface area contributed by atoms with Gasteiger partial charge in [-0.3, -0.25) is 4.98 Å². The number of hydrogen-bond donors (Lipinski definition) is 1. The molecule has 0 saturated heterocycles. The third kappa shape index (κ3) is 3.69. The third-order valence-corrected chi connectivity index (χ3v) is 5.55. The van der Waals surface area contributed by atoms with E-state index >= 15 is 0 Å². The van der Waals surface area contributed by atoms with Crippen LogP contribution in [0.2, 0.25) is 0 Å². The topological polar surface area (TPSA) is 24.9 Å². The molecule has 19 heavy (non-hydrogen) atoms. The molecular formula is C15H23FN2S. The van der Waals surface area contributed by atoms with Crippen molar-refractivity contribution in [2.24, 2.45) is 0 Å². The van der Waals surface area contributed by atoms with Gasteiger partial charge in [0.2, 0.25) is 0 Å². The SMILES string of the molecule is CCC(NCC1(SC)CCCC1)c1ccc(F)cn1. The Kier molecular flexibility index (Phi) is 5.22. The summed E-state index contributed by atoms with van der Waals surface area (Å²) in [6.45, 7) is 3.16. The second-order valence-corrected chi connectivity index (χ2v) is 6.61. The summed E-state index contributed by atoms with van der Waals surface area (Å²) < 4.78 is 13.3. The number of halogens is 1. The van der Waals surface area contributed by atoms with Gasteiger partial charge in [0.1, 0.15) is 5.82 Å². The Bertz CT molecular complexity index is 388. The minimum absolute atomic E-state index is 0.227. The van der Waals surface area contributed by atoms with Crippen LogP contribution in [0.15, 0.2) is 18.3 Å². The van der Waals surface area contributed by atoms with E-state index in [9.17, 15) is 4.39 Å². The molecule has 1 unspecified atom stereocenters. The van der Waals surface area contributed by atoms with Crippen LogP contribution >= 0.6 is 11.8 Å². The van der Waals surface area contributed by atoms with E-state index in [1.165, 1.54) is 37.9 Å². The van der Waals surface area contributed by atoms with Gasteiger partial charge in [0.15, 0.2) is 0 Å². The summed E-state index contributed by atoms with van der Waals surface area (Å²) in [7, 11) is 0. The van der Waals surface area contributed by atoms with Crippen LogP contribution < -0.4 is 5.32 Å². The Hall–Kier alpha value is -0.610. The standard InChI is InChI=1S/C15H23FN2S/c1-3-13(14-7-6-12(16)10-17-14)18-11-15(19-2)8-4-5-9-15/h6-7,10,13,18H,3-5,8-9,11H2,1-2H3. The molecule has 2 nitrogen and oxygen atoms in total. The van der Waals surface area contributed by atoms with E-state index in [4.69, 9.17) is 0 Å². The first-order valence-electron chi connectivity index (χ1n) is 7.09. The van der Waals surface area contributed by atoms with E-state index in [1.54, 1.807) is 6.07 Å². The molecule has 106 valence electrons. The molecule has 1 aromatic heterocycles. The first kappa shape index (κ1) is 14.8. The number of hydrogen-bond acceptors (Lipinski definition) is 3. The Morgan fingerprint density at radius 3 is 2.68 bits per heavy atom. The smallest absolute Gasteiger partial charge is 0.141 e. The van der Waals surface area contributed by atoms with Crippen molar-refractivity contribution in [2.75, 3.05) is 12.8 Å². The maximum atomic E-state index is 12.9. The average molecular weight is 282 g/mol. The molecule has 0 aliphatic heterocycles. The fraction of sp³-hybridized carbons (Fsp3) is 0.667. The van der Waals surface area contributed by atoms with Crippen molar-refractivity contribution in [1.29, 1.82) is 0 Å². The molecule has 1 aliphatic rings. The fourth-order valence-corrected chi connectivity index (χ4v) is 3.76. The van der Waals surface area contributed by atoms with E-state index in [0.717, 1.165) is 18.7 Å². The summed E-state index contributed by atoms with van der Waals surface area (Å²) in [6.07, 6.45) is 9.78. The van der Waals surface area contributed by atoms with Crippen molar-refractivity contribution >= 4 is 11.8 Å². The Morgan fingerprint density at radius 1 is 1.42 bits per heavy atom. The lowest BCUT2D eigenvalue weighted by molar-refractivity contribution is 0.451. The average Bonchev–Trinajstić information content (AvgIpc) is 2.91. The molecule has 1 atom stereocenters. The summed E-state index contributed by atoms with van der Waals surface area (Å²) in [5, 5.41) is 3.63. The van der Waals surface area contributed by atoms with Crippen LogP contribution in [0.1, 0.15) is 50.8 Å². The van der Waals surface area contributed by atoms with Crippen LogP contribution in [0.5, 0.6) is 0 Å². The zero-order chi connectivity index (χ0) is 13.7. The Balaban J connectivity index is 1.97. The Morgan fingerprint density at radius 2 is 2.16 bits per heavy atom. The van der Waals surface area contributed by atoms with E-state index in [2.05, 4.69) is 23.5 Å². The highest BCUT2D eigenvalue weighted by molar-refractivity contribution is 8.00. The molecule has 0 amide bonds. The summed E-state index contributed by atoms with van der Waals surface area (Å²) in [4.78, 5) is 4.20. The molecule has 1 aliphatic carbocycles. The second-order valence-electron chi connectivity index (χ2n) is 5.34. The second kappa shape index (κ2) is 6.71. The van der Waals surface area contributed by atoms with Crippen molar-refractivity contribution in [1.82, 2.24) is 10.3 Å². The summed E-state index contributed by atoms with van der Waals surface area (Å²) >= 11 is 1.99. The van der Waals surface area contributed by atoms with Crippen molar-refractivity contribution in [3.63, 3.8) is 0 Å². The van der Waals surface area contributed by atoms with E-state index in [0.29, 0.717) is 4.75 Å². The number of nitrogens with zero attached hydrogens (tertiary/aromatic N) is 1. The van der Waals surface area contributed by atoms with Crippen molar-refractivity contribution in [3.05, 3.63) is 29.8 Å². The first-order chi connectivity index (χ1) is 9.19. The predicted octanol–water partition coefficient (Wildman–Crippen LogP) is 3.94. The molecule has 1 N–H and O–H groups in total. The third-order valence-electron chi connectivity index (χ3n) is 4.13. The van der Waals surface area contributed by atoms with Crippen LogP contribution in [0.3, 0.4) is 0 Å². The lowest BCUT2D eigenvalue weighted by Gasteiger charge is -2.29. The van der Waals surface area contributed by atoms with Crippen molar-refractivity contribution < 1.29 is 4.39 Å². The maximum absolute atomic E-state index is 12.9. The molecule has 0 bridgehead atoms. The van der Waals surface area contributed by atoms with Gasteiger partial charge in [0.05, 0.1) is 11.9 Å². The highest BCUT2D eigenvalue weighted by Crippen LogP contribution is 2.40. The summed E-state index contributed by atoms with van der Waals surface area (Å²) in [5.74, 6) is -0.269. The molecule has 2 rings (SSSR count). The fourth-order valence-electron chi connectivity index (χ4n) is 2.83. The molecule has 0 radical (unpaired) electrons. The van der Waals surface area contributed by atoms with Gasteiger partial charge in [-0.25, -0.2) is 4.39 Å². The molecule has 1 fully saturated rings. The number of thioether (sulfide) groups is 1. The van der Waals surface area contributed by atoms with E-state index < -0.39 is 0 Å². The van der Waals surface area contributed by atoms with Gasteiger partial charge in [-0.1, -0.05) is 19.8 Å². The monoisotopic (exact) mass is 282 g/mol. The van der Waals surface area contributed by atoms with Gasteiger partial charge in [0.25, 0.3) is 0 Å². The quantitative estimate of drug-likeness (QED) is 0.855. The van der Waals surface area contributed by atoms with Crippen LogP contribution in [0.25, 0.3) is 0 Å². The van der Waals surface area contributed by atoms with Gasteiger partial charge >= 0.3 is 0 Å². The van der Waals surface area contributed by atoms with Crippen molar-refractivity contribution in [2.45, 2.75) is 49.8 Å². The van der Waals surface area contributed by atoms with Gasteiger partial charge in [-0.15, -0.1) is 0 Å². The highest BCUT2D eigenvalue weighted by atomic mass is 32.2. The summed E-state index contributed by atoms with van der Waals surface area (Å²) in [6, 6.07) is 3.51. The van der Waals surface area contributed by atoms with Crippen LogP contribution in [-0.4, -0.2) is 22.5 Å². The number of nitrogens with one attached hydrogen (secondary N) is 1. The van der Waals surface area contributed by atoms with Gasteiger partial charge in [-0.2, -0.15) is 11.8 Å². The lowest BCUT2D eigenvalue weighted by atomic mass is 10.1. The highest BCUT2D eigenvalue weighted by Gasteiger charge is 2.33. The van der Waals surface area contributed by atoms with Crippen LogP contribution in [0, 0.1) is 5.82 Å². The Labute approximate surface area is 119 Å². The first-order valence-corrected chi connectivity index (χ1v) is 8.31. The number of pyridine rings is 1. The van der Waals surface area contributed by atoms with E-state index in [-0.39, 0.29) is 11.9 Å². The molecule has 1 aromatic rings. The molecule has 1 heterocycles. The minimum atomic E-state index is -0.269. The lowest BCUT2D eigenvalue weighted by Crippen LogP contribution is -2.37.